The number of rotatable bonds is 7. The van der Waals surface area contributed by atoms with Crippen LogP contribution in [0.4, 0.5) is 0 Å². The van der Waals surface area contributed by atoms with Crippen molar-refractivity contribution in [1.29, 1.82) is 0 Å². The highest BCUT2D eigenvalue weighted by Crippen LogP contribution is 2.45. The third-order valence-electron chi connectivity index (χ3n) is 6.50. The van der Waals surface area contributed by atoms with Crippen LogP contribution in [0.5, 0.6) is 0 Å². The van der Waals surface area contributed by atoms with Crippen LogP contribution in [-0.2, 0) is 9.47 Å². The van der Waals surface area contributed by atoms with Gasteiger partial charge in [0.25, 0.3) is 0 Å². The summed E-state index contributed by atoms with van der Waals surface area (Å²) in [6, 6.07) is 4.31. The second kappa shape index (κ2) is 8.19. The van der Waals surface area contributed by atoms with Crippen molar-refractivity contribution in [3.8, 4) is 0 Å². The smallest absolute Gasteiger partial charge is 0.162 e. The van der Waals surface area contributed by atoms with Crippen LogP contribution in [0.15, 0.2) is 30.6 Å². The Labute approximate surface area is 175 Å². The minimum atomic E-state index is -0.606. The maximum Gasteiger partial charge on any atom is 0.162 e. The van der Waals surface area contributed by atoms with E-state index in [-0.39, 0.29) is 17.4 Å². The number of methoxy groups -OCH3 is 1. The normalized spacial score (nSPS) is 23.1. The molecule has 0 aromatic carbocycles. The molecule has 1 aliphatic rings. The molecule has 2 aromatic rings. The lowest BCUT2D eigenvalue weighted by atomic mass is 9.83. The predicted octanol–water partition coefficient (Wildman–Crippen LogP) is 5.68. The van der Waals surface area contributed by atoms with E-state index in [0.717, 1.165) is 36.9 Å². The molecule has 5 nitrogen and oxygen atoms in total. The van der Waals surface area contributed by atoms with Gasteiger partial charge in [-0.1, -0.05) is 32.9 Å². The molecular weight excluding hydrogens is 362 g/mol. The molecule has 0 bridgehead atoms. The van der Waals surface area contributed by atoms with Crippen molar-refractivity contribution in [3.63, 3.8) is 0 Å². The Morgan fingerprint density at radius 3 is 2.59 bits per heavy atom. The fourth-order valence-corrected chi connectivity index (χ4v) is 4.30. The molecule has 0 spiro atoms. The SMILES string of the molecule is C=C(CCC1CC(c2ccc3c(C)ncnn23)[C@H](OC(C)(C)OC)C1)C(C)(C)C. The zero-order valence-corrected chi connectivity index (χ0v) is 19.2. The average molecular weight is 400 g/mol. The number of hydrogen-bond acceptors (Lipinski definition) is 4. The molecule has 3 atom stereocenters. The van der Waals surface area contributed by atoms with E-state index in [2.05, 4.69) is 49.6 Å². The molecule has 0 radical (unpaired) electrons. The van der Waals surface area contributed by atoms with Gasteiger partial charge in [-0.25, -0.2) is 9.50 Å². The molecule has 1 fully saturated rings. The molecule has 0 saturated heterocycles. The quantitative estimate of drug-likeness (QED) is 0.444. The minimum Gasteiger partial charge on any atom is -0.354 e. The Morgan fingerprint density at radius 2 is 1.93 bits per heavy atom. The Hall–Kier alpha value is -1.72. The van der Waals surface area contributed by atoms with Crippen molar-refractivity contribution in [2.75, 3.05) is 7.11 Å². The predicted molar refractivity (Wildman–Crippen MR) is 117 cm³/mol. The number of allylic oxidation sites excluding steroid dienone is 1. The molecule has 2 unspecified atom stereocenters. The minimum absolute atomic E-state index is 0.103. The standard InChI is InChI=1S/C24H37N3O2/c1-16(23(3,4)5)9-10-18-13-19(22(14-18)29-24(6,7)28-8)21-12-11-20-17(2)25-15-26-27(20)21/h11-12,15,18-19,22H,1,9-10,13-14H2,2-8H3/t18?,19?,22-/m1/s1. The van der Waals surface area contributed by atoms with Crippen LogP contribution in [0.3, 0.4) is 0 Å². The Morgan fingerprint density at radius 1 is 1.21 bits per heavy atom. The fraction of sp³-hybridized carbons (Fsp3) is 0.667. The monoisotopic (exact) mass is 399 g/mol. The van der Waals surface area contributed by atoms with Gasteiger partial charge in [-0.05, 0) is 69.9 Å². The third kappa shape index (κ3) is 4.89. The molecule has 160 valence electrons. The molecule has 0 N–H and O–H groups in total. The molecule has 3 rings (SSSR count). The molecule has 5 heteroatoms. The number of ether oxygens (including phenoxy) is 2. The zero-order chi connectivity index (χ0) is 21.4. The average Bonchev–Trinajstić information content (AvgIpc) is 3.23. The molecule has 1 saturated carbocycles. The van der Waals surface area contributed by atoms with Crippen LogP contribution >= 0.6 is 0 Å². The van der Waals surface area contributed by atoms with Gasteiger partial charge in [-0.3, -0.25) is 0 Å². The number of fused-ring (bicyclic) bond motifs is 1. The molecule has 0 amide bonds. The van der Waals surface area contributed by atoms with Crippen molar-refractivity contribution >= 4 is 5.52 Å². The Balaban J connectivity index is 1.84. The first-order valence-electron chi connectivity index (χ1n) is 10.7. The topological polar surface area (TPSA) is 48.7 Å². The van der Waals surface area contributed by atoms with Crippen LogP contribution in [-0.4, -0.2) is 33.6 Å². The Bertz CT molecular complexity index is 863. The second-order valence-corrected chi connectivity index (χ2v) is 10.00. The number of nitrogens with zero attached hydrogens (tertiary/aromatic N) is 3. The van der Waals surface area contributed by atoms with Crippen LogP contribution < -0.4 is 0 Å². The third-order valence-corrected chi connectivity index (χ3v) is 6.50. The van der Waals surface area contributed by atoms with Gasteiger partial charge < -0.3 is 9.47 Å². The van der Waals surface area contributed by atoms with Gasteiger partial charge in [0, 0.05) is 18.7 Å². The van der Waals surface area contributed by atoms with E-state index in [1.54, 1.807) is 13.4 Å². The summed E-state index contributed by atoms with van der Waals surface area (Å²) in [7, 11) is 1.71. The van der Waals surface area contributed by atoms with Gasteiger partial charge in [0.05, 0.1) is 17.3 Å². The van der Waals surface area contributed by atoms with Gasteiger partial charge in [-0.2, -0.15) is 5.10 Å². The van der Waals surface area contributed by atoms with Crippen molar-refractivity contribution < 1.29 is 9.47 Å². The van der Waals surface area contributed by atoms with E-state index in [4.69, 9.17) is 9.47 Å². The lowest BCUT2D eigenvalue weighted by molar-refractivity contribution is -0.225. The maximum atomic E-state index is 6.47. The first kappa shape index (κ1) is 22.0. The summed E-state index contributed by atoms with van der Waals surface area (Å²) in [5.74, 6) is 0.282. The molecular formula is C24H37N3O2. The summed E-state index contributed by atoms with van der Waals surface area (Å²) in [5, 5.41) is 4.53. The zero-order valence-electron chi connectivity index (χ0n) is 19.2. The first-order chi connectivity index (χ1) is 13.5. The van der Waals surface area contributed by atoms with Gasteiger partial charge in [0.1, 0.15) is 6.33 Å². The molecule has 2 aromatic heterocycles. The van der Waals surface area contributed by atoms with E-state index in [1.807, 2.05) is 25.3 Å². The van der Waals surface area contributed by atoms with Crippen molar-refractivity contribution in [3.05, 3.63) is 42.0 Å². The molecule has 0 aliphatic heterocycles. The summed E-state index contributed by atoms with van der Waals surface area (Å²) in [5.41, 5.74) is 4.76. The van der Waals surface area contributed by atoms with Gasteiger partial charge in [0.2, 0.25) is 0 Å². The van der Waals surface area contributed by atoms with E-state index in [1.165, 1.54) is 11.3 Å². The van der Waals surface area contributed by atoms with Crippen LogP contribution in [0, 0.1) is 18.3 Å². The first-order valence-corrected chi connectivity index (χ1v) is 10.7. The van der Waals surface area contributed by atoms with Crippen molar-refractivity contribution in [2.24, 2.45) is 11.3 Å². The molecule has 1 aliphatic carbocycles. The number of hydrogen-bond donors (Lipinski definition) is 0. The van der Waals surface area contributed by atoms with E-state index >= 15 is 0 Å². The lowest BCUT2D eigenvalue weighted by Gasteiger charge is -2.30. The highest BCUT2D eigenvalue weighted by molar-refractivity contribution is 5.52. The summed E-state index contributed by atoms with van der Waals surface area (Å²) < 4.78 is 14.1. The van der Waals surface area contributed by atoms with Gasteiger partial charge >= 0.3 is 0 Å². The number of aryl methyl sites for hydroxylation is 1. The van der Waals surface area contributed by atoms with Crippen LogP contribution in [0.1, 0.15) is 77.6 Å². The largest absolute Gasteiger partial charge is 0.354 e. The lowest BCUT2D eigenvalue weighted by Crippen LogP contribution is -2.34. The summed E-state index contributed by atoms with van der Waals surface area (Å²) in [6.45, 7) is 17.1. The van der Waals surface area contributed by atoms with E-state index in [0.29, 0.717) is 5.92 Å². The molecule has 29 heavy (non-hydrogen) atoms. The highest BCUT2D eigenvalue weighted by atomic mass is 16.7. The van der Waals surface area contributed by atoms with Crippen molar-refractivity contribution in [2.45, 2.75) is 85.0 Å². The van der Waals surface area contributed by atoms with E-state index in [9.17, 15) is 0 Å². The summed E-state index contributed by atoms with van der Waals surface area (Å²) in [6.07, 6.45) is 6.09. The van der Waals surface area contributed by atoms with Gasteiger partial charge in [-0.15, -0.1) is 0 Å². The van der Waals surface area contributed by atoms with Crippen LogP contribution in [0.2, 0.25) is 0 Å². The summed E-state index contributed by atoms with van der Waals surface area (Å²) in [4.78, 5) is 4.33. The van der Waals surface area contributed by atoms with Gasteiger partial charge in [0.15, 0.2) is 5.79 Å². The van der Waals surface area contributed by atoms with E-state index < -0.39 is 5.79 Å². The van der Waals surface area contributed by atoms with Crippen LogP contribution in [0.25, 0.3) is 5.52 Å². The van der Waals surface area contributed by atoms with Crippen molar-refractivity contribution in [1.82, 2.24) is 14.6 Å². The maximum absolute atomic E-state index is 6.47. The molecule has 2 heterocycles. The highest BCUT2D eigenvalue weighted by Gasteiger charge is 2.40. The summed E-state index contributed by atoms with van der Waals surface area (Å²) >= 11 is 0. The second-order valence-electron chi connectivity index (χ2n) is 10.00. The number of aromatic nitrogens is 3. The Kier molecular flexibility index (Phi) is 6.21. The fourth-order valence-electron chi connectivity index (χ4n) is 4.30.